The van der Waals surface area contributed by atoms with Crippen LogP contribution in [0, 0.1) is 6.92 Å². The van der Waals surface area contributed by atoms with Crippen molar-refractivity contribution < 1.29 is 9.63 Å². The highest BCUT2D eigenvalue weighted by Crippen LogP contribution is 2.20. The molecule has 18 heavy (non-hydrogen) atoms. The van der Waals surface area contributed by atoms with Crippen LogP contribution in [0.5, 0.6) is 0 Å². The quantitative estimate of drug-likeness (QED) is 0.597. The molecule has 1 aromatic rings. The standard InChI is InChI=1S/C13H21N3O2/c1-10-11(14)6-4-7-12(10)15-13(17)8-5-9-16(2)18-3/h4,6-7H,5,8-9,14H2,1-3H3,(H,15,17). The van der Waals surface area contributed by atoms with E-state index < -0.39 is 0 Å². The maximum absolute atomic E-state index is 11.7. The lowest BCUT2D eigenvalue weighted by atomic mass is 10.1. The number of rotatable bonds is 6. The first-order chi connectivity index (χ1) is 8.54. The Labute approximate surface area is 108 Å². The van der Waals surface area contributed by atoms with Gasteiger partial charge in [0.2, 0.25) is 5.91 Å². The molecule has 5 heteroatoms. The lowest BCUT2D eigenvalue weighted by molar-refractivity contribution is -0.119. The van der Waals surface area contributed by atoms with Crippen LogP contribution in [0.2, 0.25) is 0 Å². The molecule has 0 unspecified atom stereocenters. The average Bonchev–Trinajstić information content (AvgIpc) is 2.34. The van der Waals surface area contributed by atoms with Gasteiger partial charge in [-0.2, -0.15) is 5.06 Å². The summed E-state index contributed by atoms with van der Waals surface area (Å²) in [6.07, 6.45) is 1.21. The third-order valence-corrected chi connectivity index (χ3v) is 2.84. The van der Waals surface area contributed by atoms with Gasteiger partial charge in [0.15, 0.2) is 0 Å². The van der Waals surface area contributed by atoms with Gasteiger partial charge in [-0.15, -0.1) is 0 Å². The first kappa shape index (κ1) is 14.5. The summed E-state index contributed by atoms with van der Waals surface area (Å²) in [5, 5.41) is 4.56. The van der Waals surface area contributed by atoms with Crippen LogP contribution in [0.3, 0.4) is 0 Å². The molecular weight excluding hydrogens is 230 g/mol. The minimum atomic E-state index is -0.00629. The van der Waals surface area contributed by atoms with Crippen molar-refractivity contribution >= 4 is 17.3 Å². The molecule has 5 nitrogen and oxygen atoms in total. The second-order valence-corrected chi connectivity index (χ2v) is 4.21. The van der Waals surface area contributed by atoms with Crippen molar-refractivity contribution in [3.63, 3.8) is 0 Å². The Morgan fingerprint density at radius 3 is 2.89 bits per heavy atom. The molecule has 3 N–H and O–H groups in total. The summed E-state index contributed by atoms with van der Waals surface area (Å²) in [6.45, 7) is 2.61. The van der Waals surface area contributed by atoms with Crippen LogP contribution >= 0.6 is 0 Å². The zero-order valence-corrected chi connectivity index (χ0v) is 11.2. The van der Waals surface area contributed by atoms with E-state index in [4.69, 9.17) is 10.6 Å². The van der Waals surface area contributed by atoms with Gasteiger partial charge >= 0.3 is 0 Å². The highest BCUT2D eigenvalue weighted by Gasteiger charge is 2.06. The Balaban J connectivity index is 2.43. The molecule has 0 aliphatic heterocycles. The average molecular weight is 251 g/mol. The molecule has 0 spiro atoms. The summed E-state index contributed by atoms with van der Waals surface area (Å²) < 4.78 is 0. The zero-order valence-electron chi connectivity index (χ0n) is 11.2. The highest BCUT2D eigenvalue weighted by atomic mass is 16.7. The van der Waals surface area contributed by atoms with Crippen LogP contribution in [-0.4, -0.2) is 31.7 Å². The van der Waals surface area contributed by atoms with Gasteiger partial charge in [-0.1, -0.05) is 6.07 Å². The summed E-state index contributed by atoms with van der Waals surface area (Å²) in [5.41, 5.74) is 8.15. The molecule has 0 aromatic heterocycles. The number of hydrogen-bond donors (Lipinski definition) is 2. The molecule has 100 valence electrons. The molecular formula is C13H21N3O2. The Bertz CT molecular complexity index is 407. The first-order valence-corrected chi connectivity index (χ1v) is 5.94. The van der Waals surface area contributed by atoms with Gasteiger partial charge in [0.05, 0.1) is 7.11 Å². The minimum Gasteiger partial charge on any atom is -0.398 e. The molecule has 0 saturated heterocycles. The smallest absolute Gasteiger partial charge is 0.224 e. The molecule has 0 fully saturated rings. The number of amides is 1. The summed E-state index contributed by atoms with van der Waals surface area (Å²) >= 11 is 0. The monoisotopic (exact) mass is 251 g/mol. The number of hydroxylamine groups is 2. The summed E-state index contributed by atoms with van der Waals surface area (Å²) in [5.74, 6) is -0.00629. The first-order valence-electron chi connectivity index (χ1n) is 5.94. The third kappa shape index (κ3) is 4.35. The number of benzene rings is 1. The molecule has 0 atom stereocenters. The summed E-state index contributed by atoms with van der Waals surface area (Å²) in [4.78, 5) is 16.7. The molecule has 0 saturated carbocycles. The third-order valence-electron chi connectivity index (χ3n) is 2.84. The van der Waals surface area contributed by atoms with Gasteiger partial charge < -0.3 is 15.9 Å². The van der Waals surface area contributed by atoms with Crippen LogP contribution in [0.25, 0.3) is 0 Å². The van der Waals surface area contributed by atoms with Crippen molar-refractivity contribution in [1.82, 2.24) is 5.06 Å². The van der Waals surface area contributed by atoms with E-state index in [2.05, 4.69) is 5.32 Å². The summed E-state index contributed by atoms with van der Waals surface area (Å²) in [6, 6.07) is 5.50. The Morgan fingerprint density at radius 1 is 1.50 bits per heavy atom. The van der Waals surface area contributed by atoms with Gasteiger partial charge in [-0.05, 0) is 31.0 Å². The Morgan fingerprint density at radius 2 is 2.22 bits per heavy atom. The lowest BCUT2D eigenvalue weighted by Crippen LogP contribution is -2.20. The molecule has 0 aliphatic rings. The molecule has 0 radical (unpaired) electrons. The van der Waals surface area contributed by atoms with E-state index in [0.29, 0.717) is 12.1 Å². The zero-order chi connectivity index (χ0) is 13.5. The minimum absolute atomic E-state index is 0.00629. The largest absolute Gasteiger partial charge is 0.398 e. The van der Waals surface area contributed by atoms with Crippen molar-refractivity contribution in [2.24, 2.45) is 0 Å². The Kier molecular flexibility index (Phi) is 5.61. The topological polar surface area (TPSA) is 67.6 Å². The van der Waals surface area contributed by atoms with Crippen LogP contribution in [-0.2, 0) is 9.63 Å². The highest BCUT2D eigenvalue weighted by molar-refractivity contribution is 5.92. The number of nitrogen functional groups attached to an aromatic ring is 1. The fourth-order valence-corrected chi connectivity index (χ4v) is 1.56. The number of nitrogens with one attached hydrogen (secondary N) is 1. The van der Waals surface area contributed by atoms with E-state index in [1.54, 1.807) is 12.2 Å². The number of nitrogens with two attached hydrogens (primary N) is 1. The van der Waals surface area contributed by atoms with Gasteiger partial charge in [0, 0.05) is 31.4 Å². The molecule has 1 aromatic carbocycles. The number of nitrogens with zero attached hydrogens (tertiary/aromatic N) is 1. The van der Waals surface area contributed by atoms with Gasteiger partial charge in [0.25, 0.3) is 0 Å². The lowest BCUT2D eigenvalue weighted by Gasteiger charge is -2.13. The van der Waals surface area contributed by atoms with Crippen molar-refractivity contribution in [1.29, 1.82) is 0 Å². The summed E-state index contributed by atoms with van der Waals surface area (Å²) in [7, 11) is 3.44. The van der Waals surface area contributed by atoms with Gasteiger partial charge in [0.1, 0.15) is 0 Å². The van der Waals surface area contributed by atoms with E-state index in [9.17, 15) is 4.79 Å². The van der Waals surface area contributed by atoms with Crippen molar-refractivity contribution in [2.75, 3.05) is 31.8 Å². The molecule has 1 rings (SSSR count). The molecule has 1 amide bonds. The second kappa shape index (κ2) is 6.98. The van der Waals surface area contributed by atoms with Crippen molar-refractivity contribution in [3.05, 3.63) is 23.8 Å². The SMILES string of the molecule is CON(C)CCCC(=O)Nc1cccc(N)c1C. The van der Waals surface area contributed by atoms with Crippen LogP contribution < -0.4 is 11.1 Å². The Hall–Kier alpha value is -1.59. The number of carbonyl (C=O) groups excluding carboxylic acids is 1. The van der Waals surface area contributed by atoms with Crippen molar-refractivity contribution in [2.45, 2.75) is 19.8 Å². The molecule has 0 bridgehead atoms. The number of anilines is 2. The molecule has 0 aliphatic carbocycles. The van der Waals surface area contributed by atoms with Gasteiger partial charge in [-0.3, -0.25) is 4.79 Å². The van der Waals surface area contributed by atoms with Crippen molar-refractivity contribution in [3.8, 4) is 0 Å². The second-order valence-electron chi connectivity index (χ2n) is 4.21. The van der Waals surface area contributed by atoms with Crippen LogP contribution in [0.4, 0.5) is 11.4 Å². The predicted molar refractivity (Wildman–Crippen MR) is 73.1 cm³/mol. The van der Waals surface area contributed by atoms with E-state index in [1.807, 2.05) is 32.2 Å². The number of carbonyl (C=O) groups is 1. The van der Waals surface area contributed by atoms with Crippen LogP contribution in [0.15, 0.2) is 18.2 Å². The predicted octanol–water partition coefficient (Wildman–Crippen LogP) is 1.79. The number of hydrogen-bond acceptors (Lipinski definition) is 4. The fourth-order valence-electron chi connectivity index (χ4n) is 1.56. The van der Waals surface area contributed by atoms with Gasteiger partial charge in [-0.25, -0.2) is 0 Å². The van der Waals surface area contributed by atoms with Crippen LogP contribution in [0.1, 0.15) is 18.4 Å². The normalized spacial score (nSPS) is 10.7. The maximum Gasteiger partial charge on any atom is 0.224 e. The van der Waals surface area contributed by atoms with E-state index in [0.717, 1.165) is 24.2 Å². The van der Waals surface area contributed by atoms with E-state index in [-0.39, 0.29) is 5.91 Å². The fraction of sp³-hybridized carbons (Fsp3) is 0.462. The van der Waals surface area contributed by atoms with E-state index in [1.165, 1.54) is 0 Å². The van der Waals surface area contributed by atoms with E-state index >= 15 is 0 Å². The maximum atomic E-state index is 11.7. The molecule has 0 heterocycles.